The van der Waals surface area contributed by atoms with Gasteiger partial charge in [0.2, 0.25) is 0 Å². The van der Waals surface area contributed by atoms with Gasteiger partial charge in [0, 0.05) is 33.3 Å². The Balaban J connectivity index is 1.56. The fourth-order valence-corrected chi connectivity index (χ4v) is 7.15. The van der Waals surface area contributed by atoms with Crippen molar-refractivity contribution in [2.24, 2.45) is 5.41 Å². The van der Waals surface area contributed by atoms with Crippen LogP contribution in [0.1, 0.15) is 48.1 Å². The second kappa shape index (κ2) is 9.25. The van der Waals surface area contributed by atoms with Gasteiger partial charge in [-0.3, -0.25) is 14.4 Å². The van der Waals surface area contributed by atoms with Gasteiger partial charge in [-0.15, -0.1) is 0 Å². The molecule has 7 heteroatoms. The number of ketones is 3. The van der Waals surface area contributed by atoms with Crippen molar-refractivity contribution in [1.82, 2.24) is 0 Å². The van der Waals surface area contributed by atoms with Crippen LogP contribution in [0.4, 0.5) is 10.1 Å². The van der Waals surface area contributed by atoms with Crippen molar-refractivity contribution in [3.05, 3.63) is 136 Å². The van der Waals surface area contributed by atoms with Gasteiger partial charge < -0.3 is 9.64 Å². The van der Waals surface area contributed by atoms with Crippen molar-refractivity contribution in [1.29, 1.82) is 0 Å². The van der Waals surface area contributed by atoms with E-state index in [1.165, 1.54) is 13.2 Å². The van der Waals surface area contributed by atoms with Gasteiger partial charge in [0.15, 0.2) is 17.3 Å². The van der Waals surface area contributed by atoms with Gasteiger partial charge in [-0.1, -0.05) is 78.4 Å². The summed E-state index contributed by atoms with van der Waals surface area (Å²) in [6, 6.07) is 22.8. The number of rotatable bonds is 4. The van der Waals surface area contributed by atoms with E-state index < -0.39 is 40.8 Å². The Morgan fingerprint density at radius 3 is 2.32 bits per heavy atom. The maximum atomic E-state index is 15.8. The van der Waals surface area contributed by atoms with Crippen LogP contribution in [0.25, 0.3) is 6.08 Å². The van der Waals surface area contributed by atoms with E-state index in [1.807, 2.05) is 11.0 Å². The zero-order chi connectivity index (χ0) is 28.5. The summed E-state index contributed by atoms with van der Waals surface area (Å²) in [6.45, 7) is 0. The van der Waals surface area contributed by atoms with Gasteiger partial charge in [-0.05, 0) is 47.5 Å². The Morgan fingerprint density at radius 1 is 0.902 bits per heavy atom. The maximum absolute atomic E-state index is 15.8. The molecule has 3 aliphatic rings. The van der Waals surface area contributed by atoms with Gasteiger partial charge in [-0.25, -0.2) is 4.39 Å². The lowest BCUT2D eigenvalue weighted by Gasteiger charge is -2.37. The van der Waals surface area contributed by atoms with Gasteiger partial charge >= 0.3 is 0 Å². The summed E-state index contributed by atoms with van der Waals surface area (Å²) in [4.78, 5) is 45.7. The third-order valence-electron chi connectivity index (χ3n) is 8.63. The van der Waals surface area contributed by atoms with Crippen LogP contribution >= 0.6 is 11.6 Å². The Bertz CT molecular complexity index is 1780. The number of nitrogens with zero attached hydrogens (tertiary/aromatic N) is 1. The highest BCUT2D eigenvalue weighted by molar-refractivity contribution is 6.32. The minimum Gasteiger partial charge on any atom is -0.497 e. The van der Waals surface area contributed by atoms with Crippen LogP contribution < -0.4 is 9.64 Å². The minimum atomic E-state index is -1.78. The number of carbonyl (C=O) groups is 3. The van der Waals surface area contributed by atoms with Crippen molar-refractivity contribution in [2.45, 2.75) is 18.0 Å². The first-order valence-corrected chi connectivity index (χ1v) is 13.6. The third kappa shape index (κ3) is 3.44. The van der Waals surface area contributed by atoms with Crippen molar-refractivity contribution in [2.75, 3.05) is 12.0 Å². The summed E-state index contributed by atoms with van der Waals surface area (Å²) in [5.74, 6) is -2.42. The molecule has 41 heavy (non-hydrogen) atoms. The molecule has 3 atom stereocenters. The standard InChI is InChI=1S/C34H23ClFNO4/c1-41-22-8-6-7-20(18-22)31(38)30-29(25-11-4-5-12-26(25)36)34(32(39)23-9-2-3-10-24(23)33(34)40)28-16-13-19-17-21(35)14-15-27(19)37(28)30/h2-18,28-30H,1H3/t28?,29-,30+/m0/s1. The molecular weight excluding hydrogens is 541 g/mol. The van der Waals surface area contributed by atoms with Crippen LogP contribution in [0.2, 0.25) is 5.02 Å². The molecule has 5 nitrogen and oxygen atoms in total. The number of fused-ring (bicyclic) bond motifs is 5. The Labute approximate surface area is 240 Å². The lowest BCUT2D eigenvalue weighted by molar-refractivity contribution is 0.0664. The predicted octanol–water partition coefficient (Wildman–Crippen LogP) is 6.80. The van der Waals surface area contributed by atoms with E-state index in [0.717, 1.165) is 5.56 Å². The molecule has 0 amide bonds. The van der Waals surface area contributed by atoms with Crippen molar-refractivity contribution in [3.63, 3.8) is 0 Å². The number of carbonyl (C=O) groups excluding carboxylic acids is 3. The normalized spacial score (nSPS) is 21.5. The second-order valence-electron chi connectivity index (χ2n) is 10.5. The molecular formula is C34H23ClFNO4. The topological polar surface area (TPSA) is 63.7 Å². The summed E-state index contributed by atoms with van der Waals surface area (Å²) >= 11 is 6.33. The highest BCUT2D eigenvalue weighted by Gasteiger charge is 2.71. The highest BCUT2D eigenvalue weighted by Crippen LogP contribution is 2.61. The van der Waals surface area contributed by atoms with Crippen LogP contribution in [-0.4, -0.2) is 36.5 Å². The van der Waals surface area contributed by atoms with Gasteiger partial charge in [0.1, 0.15) is 23.0 Å². The van der Waals surface area contributed by atoms with Crippen LogP contribution in [0, 0.1) is 11.2 Å². The quantitative estimate of drug-likeness (QED) is 0.202. The maximum Gasteiger partial charge on any atom is 0.186 e. The molecule has 1 saturated heterocycles. The molecule has 0 saturated carbocycles. The number of hydrogen-bond acceptors (Lipinski definition) is 5. The van der Waals surface area contributed by atoms with E-state index in [2.05, 4.69) is 0 Å². The molecule has 0 bridgehead atoms. The molecule has 1 unspecified atom stereocenters. The van der Waals surface area contributed by atoms with Gasteiger partial charge in [-0.2, -0.15) is 0 Å². The molecule has 1 aliphatic carbocycles. The summed E-state index contributed by atoms with van der Waals surface area (Å²) in [7, 11) is 1.51. The molecule has 0 radical (unpaired) electrons. The molecule has 1 fully saturated rings. The molecule has 7 rings (SSSR count). The molecule has 1 spiro atoms. The molecule has 0 aromatic heterocycles. The molecule has 0 N–H and O–H groups in total. The first-order valence-electron chi connectivity index (χ1n) is 13.3. The predicted molar refractivity (Wildman–Crippen MR) is 155 cm³/mol. The summed E-state index contributed by atoms with van der Waals surface area (Å²) in [5.41, 5.74) is 0.620. The zero-order valence-electron chi connectivity index (χ0n) is 21.9. The lowest BCUT2D eigenvalue weighted by Crippen LogP contribution is -2.48. The summed E-state index contributed by atoms with van der Waals surface area (Å²) < 4.78 is 21.2. The number of anilines is 1. The highest BCUT2D eigenvalue weighted by atomic mass is 35.5. The molecule has 4 aromatic rings. The number of benzene rings is 4. The third-order valence-corrected chi connectivity index (χ3v) is 8.86. The first kappa shape index (κ1) is 25.4. The minimum absolute atomic E-state index is 0.140. The van der Waals surface area contributed by atoms with E-state index in [1.54, 1.807) is 91.0 Å². The van der Waals surface area contributed by atoms with Crippen LogP contribution in [0.15, 0.2) is 97.1 Å². The largest absolute Gasteiger partial charge is 0.497 e. The van der Waals surface area contributed by atoms with Crippen molar-refractivity contribution >= 4 is 40.7 Å². The van der Waals surface area contributed by atoms with Crippen LogP contribution in [0.3, 0.4) is 0 Å². The molecule has 2 aliphatic heterocycles. The molecule has 2 heterocycles. The number of Topliss-reactive ketones (excluding diaryl/α,β-unsaturated/α-hetero) is 3. The smallest absolute Gasteiger partial charge is 0.186 e. The average Bonchev–Trinajstić information content (AvgIpc) is 3.43. The summed E-state index contributed by atoms with van der Waals surface area (Å²) in [6.07, 6.45) is 3.61. The second-order valence-corrected chi connectivity index (χ2v) is 11.0. The van der Waals surface area contributed by atoms with Gasteiger partial charge in [0.05, 0.1) is 13.2 Å². The van der Waals surface area contributed by atoms with Crippen LogP contribution in [0.5, 0.6) is 5.75 Å². The Kier molecular flexibility index (Phi) is 5.73. The number of hydrogen-bond donors (Lipinski definition) is 0. The monoisotopic (exact) mass is 563 g/mol. The van der Waals surface area contributed by atoms with E-state index in [4.69, 9.17) is 16.3 Å². The zero-order valence-corrected chi connectivity index (χ0v) is 22.6. The first-order chi connectivity index (χ1) is 19.9. The average molecular weight is 564 g/mol. The summed E-state index contributed by atoms with van der Waals surface area (Å²) in [5, 5.41) is 0.502. The Hall–Kier alpha value is -4.55. The van der Waals surface area contributed by atoms with E-state index in [0.29, 0.717) is 22.0 Å². The molecule has 4 aromatic carbocycles. The fourth-order valence-electron chi connectivity index (χ4n) is 6.97. The van der Waals surface area contributed by atoms with E-state index in [9.17, 15) is 14.4 Å². The lowest BCUT2D eigenvalue weighted by atomic mass is 9.64. The van der Waals surface area contributed by atoms with Crippen molar-refractivity contribution < 1.29 is 23.5 Å². The van der Waals surface area contributed by atoms with E-state index in [-0.39, 0.29) is 22.5 Å². The fraction of sp³-hybridized carbons (Fsp3) is 0.147. The number of ether oxygens (including phenoxy) is 1. The van der Waals surface area contributed by atoms with Crippen LogP contribution in [-0.2, 0) is 0 Å². The van der Waals surface area contributed by atoms with Gasteiger partial charge in [0.25, 0.3) is 0 Å². The Morgan fingerprint density at radius 2 is 1.61 bits per heavy atom. The number of methoxy groups -OCH3 is 1. The molecule has 202 valence electrons. The number of halogens is 2. The van der Waals surface area contributed by atoms with Crippen molar-refractivity contribution in [3.8, 4) is 5.75 Å². The SMILES string of the molecule is COc1cccc(C(=O)[C@H]2[C@H](c3ccccc3F)C3(C(=O)c4ccccc4C3=O)C3C=Cc4cc(Cl)ccc4N32)c1. The van der Waals surface area contributed by atoms with E-state index >= 15 is 4.39 Å².